The van der Waals surface area contributed by atoms with Gasteiger partial charge in [-0.1, -0.05) is 119 Å². The minimum atomic E-state index is -0.685. The second kappa shape index (κ2) is 26.0. The second-order valence-corrected chi connectivity index (χ2v) is 13.2. The number of amides is 1. The lowest BCUT2D eigenvalue weighted by atomic mass is 9.72. The molecule has 0 rings (SSSR count). The van der Waals surface area contributed by atoms with Crippen molar-refractivity contribution in [2.45, 2.75) is 163 Å². The minimum absolute atomic E-state index is 0.0761. The Morgan fingerprint density at radius 2 is 1.16 bits per heavy atom. The summed E-state index contributed by atoms with van der Waals surface area (Å²) in [5.74, 6) is 0.00281. The highest BCUT2D eigenvalue weighted by molar-refractivity contribution is 5.94. The van der Waals surface area contributed by atoms with Crippen LogP contribution in [0.1, 0.15) is 157 Å². The number of carbonyl (C=O) groups excluding carboxylic acids is 3. The zero-order valence-corrected chi connectivity index (χ0v) is 29.4. The van der Waals surface area contributed by atoms with Crippen LogP contribution < -0.4 is 10.6 Å². The van der Waals surface area contributed by atoms with E-state index in [1.54, 1.807) is 0 Å². The Balaban J connectivity index is 5.66. The highest BCUT2D eigenvalue weighted by atomic mass is 16.5. The van der Waals surface area contributed by atoms with Gasteiger partial charge in [0.2, 0.25) is 5.91 Å². The first-order valence-corrected chi connectivity index (χ1v) is 17.8. The molecule has 1 amide bonds. The smallest absolute Gasteiger partial charge is 0.246 e. The summed E-state index contributed by atoms with van der Waals surface area (Å²) in [7, 11) is 1.87. The molecule has 254 valence electrons. The number of unbranched alkanes of at least 4 members (excludes halogenated alkanes) is 8. The largest absolute Gasteiger partial charge is 0.378 e. The molecule has 0 saturated carbocycles. The van der Waals surface area contributed by atoms with Crippen LogP contribution in [0.25, 0.3) is 0 Å². The van der Waals surface area contributed by atoms with Gasteiger partial charge in [0.25, 0.3) is 0 Å². The molecule has 0 fully saturated rings. The molecular formula is C36H70N2O5. The lowest BCUT2D eigenvalue weighted by Crippen LogP contribution is -2.49. The van der Waals surface area contributed by atoms with Crippen molar-refractivity contribution >= 4 is 17.5 Å². The first kappa shape index (κ1) is 41.7. The molecule has 0 aliphatic carbocycles. The fourth-order valence-electron chi connectivity index (χ4n) is 5.85. The Hall–Kier alpha value is -1.31. The predicted octanol–water partition coefficient (Wildman–Crippen LogP) is 7.98. The predicted molar refractivity (Wildman–Crippen MR) is 180 cm³/mol. The number of nitrogens with one attached hydrogen (secondary N) is 2. The molecule has 0 aromatic carbocycles. The van der Waals surface area contributed by atoms with Gasteiger partial charge >= 0.3 is 0 Å². The average Bonchev–Trinajstić information content (AvgIpc) is 3.00. The van der Waals surface area contributed by atoms with E-state index in [0.717, 1.165) is 96.4 Å². The third-order valence-electron chi connectivity index (χ3n) is 9.01. The van der Waals surface area contributed by atoms with Crippen LogP contribution in [0.15, 0.2) is 0 Å². The molecule has 7 nitrogen and oxygen atoms in total. The number of rotatable bonds is 31. The minimum Gasteiger partial charge on any atom is -0.378 e. The highest BCUT2D eigenvalue weighted by Crippen LogP contribution is 2.36. The van der Waals surface area contributed by atoms with E-state index in [9.17, 15) is 14.4 Å². The summed E-state index contributed by atoms with van der Waals surface area (Å²) in [5.41, 5.74) is -0.887. The molecule has 0 radical (unpaired) electrons. The second-order valence-electron chi connectivity index (χ2n) is 13.2. The van der Waals surface area contributed by atoms with E-state index < -0.39 is 11.5 Å². The van der Waals surface area contributed by atoms with E-state index in [1.165, 1.54) is 12.8 Å². The van der Waals surface area contributed by atoms with Crippen molar-refractivity contribution in [3.05, 3.63) is 0 Å². The molecule has 2 N–H and O–H groups in total. The number of ether oxygens (including phenoxy) is 2. The third kappa shape index (κ3) is 19.0. The van der Waals surface area contributed by atoms with E-state index in [2.05, 4.69) is 52.2 Å². The summed E-state index contributed by atoms with van der Waals surface area (Å²) in [5, 5.41) is 6.03. The van der Waals surface area contributed by atoms with Crippen LogP contribution in [0.4, 0.5) is 0 Å². The first-order chi connectivity index (χ1) is 20.6. The Labute approximate surface area is 265 Å². The zero-order valence-electron chi connectivity index (χ0n) is 29.4. The van der Waals surface area contributed by atoms with Gasteiger partial charge in [-0.15, -0.1) is 0 Å². The highest BCUT2D eigenvalue weighted by Gasteiger charge is 2.39. The van der Waals surface area contributed by atoms with Gasteiger partial charge < -0.3 is 20.1 Å². The fourth-order valence-corrected chi connectivity index (χ4v) is 5.85. The number of hydrogen-bond acceptors (Lipinski definition) is 6. The summed E-state index contributed by atoms with van der Waals surface area (Å²) >= 11 is 0. The van der Waals surface area contributed by atoms with Crippen molar-refractivity contribution in [3.63, 3.8) is 0 Å². The molecule has 0 bridgehead atoms. The van der Waals surface area contributed by atoms with Crippen molar-refractivity contribution < 1.29 is 23.9 Å². The van der Waals surface area contributed by atoms with Crippen LogP contribution in [-0.2, 0) is 23.9 Å². The fraction of sp³-hybridized carbons (Fsp3) is 0.917. The molecule has 0 aromatic rings. The summed E-state index contributed by atoms with van der Waals surface area (Å²) in [6.07, 6.45) is 17.1. The van der Waals surface area contributed by atoms with Crippen molar-refractivity contribution in [1.82, 2.24) is 10.6 Å². The van der Waals surface area contributed by atoms with Crippen LogP contribution >= 0.6 is 0 Å². The zero-order chi connectivity index (χ0) is 32.4. The maximum atomic E-state index is 14.2. The van der Waals surface area contributed by atoms with Crippen LogP contribution in [0, 0.1) is 10.8 Å². The van der Waals surface area contributed by atoms with Crippen molar-refractivity contribution in [2.24, 2.45) is 10.8 Å². The summed E-state index contributed by atoms with van der Waals surface area (Å²) in [6.45, 7) is 14.9. The molecule has 0 saturated heterocycles. The maximum absolute atomic E-state index is 14.2. The normalized spacial score (nSPS) is 15.0. The summed E-state index contributed by atoms with van der Waals surface area (Å²) in [4.78, 5) is 41.0. The Bertz CT molecular complexity index is 730. The van der Waals surface area contributed by atoms with Crippen LogP contribution in [-0.4, -0.2) is 63.5 Å². The lowest BCUT2D eigenvalue weighted by molar-refractivity contribution is -0.137. The molecule has 43 heavy (non-hydrogen) atoms. The number of ketones is 2. The van der Waals surface area contributed by atoms with Gasteiger partial charge in [0, 0.05) is 23.8 Å². The van der Waals surface area contributed by atoms with Crippen molar-refractivity contribution in [2.75, 3.05) is 40.0 Å². The first-order valence-electron chi connectivity index (χ1n) is 17.8. The maximum Gasteiger partial charge on any atom is 0.246 e. The van der Waals surface area contributed by atoms with E-state index in [4.69, 9.17) is 9.47 Å². The van der Waals surface area contributed by atoms with Crippen LogP contribution in [0.2, 0.25) is 0 Å². The standard InChI is InChI=1S/C36H70N2O5/c1-8-12-16-18-24-35(5,22-14-10-3)32(39)21-20-31(38-33(40)30-43-29-28-42-27-26-37-7)34(41)36(6,23-15-11-4)25-19-17-13-9-2/h31,37H,8-30H2,1-7H3,(H,38,40). The number of hydrogen-bond donors (Lipinski definition) is 2. The summed E-state index contributed by atoms with van der Waals surface area (Å²) < 4.78 is 11.0. The number of Topliss-reactive ketones (excluding diaryl/α,β-unsaturated/α-hetero) is 2. The molecule has 0 aliphatic rings. The molecule has 0 spiro atoms. The quantitative estimate of drug-likeness (QED) is 0.0773. The Kier molecular flexibility index (Phi) is 25.2. The summed E-state index contributed by atoms with van der Waals surface area (Å²) in [6, 6.07) is -0.685. The Morgan fingerprint density at radius 1 is 0.651 bits per heavy atom. The van der Waals surface area contributed by atoms with E-state index >= 15 is 0 Å². The monoisotopic (exact) mass is 611 g/mol. The molecule has 0 heterocycles. The van der Waals surface area contributed by atoms with Gasteiger partial charge in [-0.25, -0.2) is 0 Å². The van der Waals surface area contributed by atoms with Crippen molar-refractivity contribution in [3.8, 4) is 0 Å². The molecule has 0 aromatic heterocycles. The van der Waals surface area contributed by atoms with Gasteiger partial charge in [0.05, 0.1) is 25.9 Å². The van der Waals surface area contributed by atoms with E-state index in [1.807, 2.05) is 7.05 Å². The molecule has 3 atom stereocenters. The third-order valence-corrected chi connectivity index (χ3v) is 9.01. The van der Waals surface area contributed by atoms with E-state index in [0.29, 0.717) is 32.7 Å². The van der Waals surface area contributed by atoms with Crippen LogP contribution in [0.5, 0.6) is 0 Å². The van der Waals surface area contributed by atoms with Gasteiger partial charge in [0.15, 0.2) is 5.78 Å². The number of likely N-dealkylation sites (N-methyl/N-ethyl adjacent to an activating group) is 1. The van der Waals surface area contributed by atoms with Crippen molar-refractivity contribution in [1.29, 1.82) is 0 Å². The number of carbonyl (C=O) groups is 3. The average molecular weight is 611 g/mol. The topological polar surface area (TPSA) is 93.7 Å². The lowest BCUT2D eigenvalue weighted by Gasteiger charge is -2.34. The molecule has 0 aliphatic heterocycles. The van der Waals surface area contributed by atoms with E-state index in [-0.39, 0.29) is 29.5 Å². The van der Waals surface area contributed by atoms with Gasteiger partial charge in [-0.05, 0) is 39.2 Å². The SMILES string of the molecule is CCCCCCC(C)(CCCC)C(=O)CCC(NC(=O)COCCOCCNC)C(=O)C(C)(CCCC)CCCCCC. The van der Waals surface area contributed by atoms with Gasteiger partial charge in [-0.3, -0.25) is 14.4 Å². The molecule has 7 heteroatoms. The molecular weight excluding hydrogens is 540 g/mol. The molecule has 3 unspecified atom stereocenters. The Morgan fingerprint density at radius 3 is 1.72 bits per heavy atom. The van der Waals surface area contributed by atoms with Gasteiger partial charge in [0.1, 0.15) is 12.4 Å². The van der Waals surface area contributed by atoms with Crippen LogP contribution in [0.3, 0.4) is 0 Å². The van der Waals surface area contributed by atoms with Gasteiger partial charge in [-0.2, -0.15) is 0 Å².